The number of unbranched alkanes of at least 4 members (excludes halogenated alkanes) is 1. The van der Waals surface area contributed by atoms with Gasteiger partial charge < -0.3 is 19.5 Å². The van der Waals surface area contributed by atoms with Crippen molar-refractivity contribution in [3.05, 3.63) is 52.9 Å². The molecule has 0 amide bonds. The number of furan rings is 1. The van der Waals surface area contributed by atoms with Crippen molar-refractivity contribution >= 4 is 34.6 Å². The third-order valence-corrected chi connectivity index (χ3v) is 5.24. The zero-order chi connectivity index (χ0) is 19.6. The largest absolute Gasteiger partial charge is 0.467 e. The molecule has 148 valence electrons. The van der Waals surface area contributed by atoms with E-state index in [4.69, 9.17) is 28.2 Å². The molecule has 0 saturated carbocycles. The van der Waals surface area contributed by atoms with Gasteiger partial charge >= 0.3 is 0 Å². The van der Waals surface area contributed by atoms with E-state index in [1.165, 1.54) is 19.4 Å². The second-order valence-electron chi connectivity index (χ2n) is 7.05. The number of thiocarbonyl (C=S) groups is 1. The van der Waals surface area contributed by atoms with Crippen molar-refractivity contribution in [1.29, 1.82) is 0 Å². The molecule has 1 atom stereocenters. The lowest BCUT2D eigenvalue weighted by molar-refractivity contribution is -0.880. The summed E-state index contributed by atoms with van der Waals surface area (Å²) in [6.45, 7) is 8.18. The Labute approximate surface area is 173 Å². The molecule has 0 aliphatic heterocycles. The van der Waals surface area contributed by atoms with Crippen LogP contribution in [0, 0.1) is 6.92 Å². The number of nitrogens with zero attached hydrogens (tertiary/aromatic N) is 1. The smallest absolute Gasteiger partial charge is 0.173 e. The Balaban J connectivity index is 1.98. The van der Waals surface area contributed by atoms with Gasteiger partial charge in [-0.25, -0.2) is 0 Å². The van der Waals surface area contributed by atoms with Crippen molar-refractivity contribution in [2.45, 2.75) is 39.7 Å². The van der Waals surface area contributed by atoms with Gasteiger partial charge in [0.25, 0.3) is 0 Å². The summed E-state index contributed by atoms with van der Waals surface area (Å²) in [6, 6.07) is 9.69. The van der Waals surface area contributed by atoms with E-state index in [2.05, 4.69) is 24.2 Å². The molecule has 2 aromatic rings. The van der Waals surface area contributed by atoms with Crippen LogP contribution in [0.5, 0.6) is 0 Å². The lowest BCUT2D eigenvalue weighted by atomic mass is 10.2. The quantitative estimate of drug-likeness (QED) is 0.578. The monoisotopic (exact) mass is 408 g/mol. The molecule has 1 aromatic carbocycles. The van der Waals surface area contributed by atoms with E-state index in [1.54, 1.807) is 11.2 Å². The molecule has 1 heterocycles. The van der Waals surface area contributed by atoms with Crippen LogP contribution in [-0.4, -0.2) is 36.7 Å². The van der Waals surface area contributed by atoms with E-state index in [0.717, 1.165) is 36.5 Å². The summed E-state index contributed by atoms with van der Waals surface area (Å²) in [6.07, 6.45) is 5.30. The van der Waals surface area contributed by atoms with Crippen LogP contribution in [0.4, 0.5) is 5.69 Å². The molecule has 1 aromatic heterocycles. The summed E-state index contributed by atoms with van der Waals surface area (Å²) in [5.74, 6) is 0.911. The highest BCUT2D eigenvalue weighted by Gasteiger charge is 2.14. The highest BCUT2D eigenvalue weighted by Crippen LogP contribution is 2.21. The van der Waals surface area contributed by atoms with Crippen molar-refractivity contribution in [3.63, 3.8) is 0 Å². The summed E-state index contributed by atoms with van der Waals surface area (Å²) in [4.78, 5) is 3.74. The Kier molecular flexibility index (Phi) is 9.11. The fourth-order valence-corrected chi connectivity index (χ4v) is 3.38. The van der Waals surface area contributed by atoms with Crippen molar-refractivity contribution in [2.75, 3.05) is 32.0 Å². The number of benzene rings is 1. The number of rotatable bonds is 10. The van der Waals surface area contributed by atoms with Crippen molar-refractivity contribution < 1.29 is 9.32 Å². The predicted octanol–water partition coefficient (Wildman–Crippen LogP) is 4.15. The summed E-state index contributed by atoms with van der Waals surface area (Å²) in [5.41, 5.74) is 2.06. The second-order valence-corrected chi connectivity index (χ2v) is 7.88. The van der Waals surface area contributed by atoms with E-state index >= 15 is 0 Å². The van der Waals surface area contributed by atoms with E-state index in [0.29, 0.717) is 16.7 Å². The summed E-state index contributed by atoms with van der Waals surface area (Å²) in [7, 11) is 2.26. The molecule has 0 aliphatic rings. The lowest BCUT2D eigenvalue weighted by Crippen LogP contribution is -3.09. The standard InChI is InChI=1S/C21H30ClN3OS/c1-4-5-11-24(3)12-7-13-25(16-19-8-6-14-26-19)21(27)23-20-15-18(22)10-9-17(20)2/h6,8-10,14-15H,4-5,7,11-13,16H2,1-3H3,(H,23,27)/p+1. The molecule has 0 saturated heterocycles. The summed E-state index contributed by atoms with van der Waals surface area (Å²) < 4.78 is 5.53. The minimum Gasteiger partial charge on any atom is -0.467 e. The number of quaternary nitrogens is 1. The maximum Gasteiger partial charge on any atom is 0.173 e. The molecule has 0 aliphatic carbocycles. The molecule has 2 rings (SSSR count). The van der Waals surface area contributed by atoms with E-state index in [1.807, 2.05) is 37.3 Å². The Bertz CT molecular complexity index is 705. The zero-order valence-corrected chi connectivity index (χ0v) is 18.1. The molecular weight excluding hydrogens is 378 g/mol. The van der Waals surface area contributed by atoms with Gasteiger partial charge in [-0.05, 0) is 55.4 Å². The van der Waals surface area contributed by atoms with Crippen LogP contribution in [-0.2, 0) is 6.54 Å². The molecule has 4 nitrogen and oxygen atoms in total. The average Bonchev–Trinajstić information content (AvgIpc) is 3.15. The fourth-order valence-electron chi connectivity index (χ4n) is 2.94. The van der Waals surface area contributed by atoms with Gasteiger partial charge in [-0.1, -0.05) is 31.0 Å². The van der Waals surface area contributed by atoms with Crippen LogP contribution in [0.1, 0.15) is 37.5 Å². The van der Waals surface area contributed by atoms with Crippen molar-refractivity contribution in [1.82, 2.24) is 4.90 Å². The number of hydrogen-bond donors (Lipinski definition) is 2. The minimum absolute atomic E-state index is 0.659. The van der Waals surface area contributed by atoms with Crippen molar-refractivity contribution in [2.24, 2.45) is 0 Å². The molecular formula is C21H31ClN3OS+. The maximum absolute atomic E-state index is 6.14. The van der Waals surface area contributed by atoms with Crippen LogP contribution in [0.3, 0.4) is 0 Å². The lowest BCUT2D eigenvalue weighted by Gasteiger charge is -2.26. The number of anilines is 1. The summed E-state index contributed by atoms with van der Waals surface area (Å²) >= 11 is 11.8. The van der Waals surface area contributed by atoms with Crippen LogP contribution in [0.25, 0.3) is 0 Å². The third-order valence-electron chi connectivity index (χ3n) is 4.64. The van der Waals surface area contributed by atoms with E-state index in [-0.39, 0.29) is 0 Å². The van der Waals surface area contributed by atoms with Crippen LogP contribution in [0.15, 0.2) is 41.0 Å². The fraction of sp³-hybridized carbons (Fsp3) is 0.476. The minimum atomic E-state index is 0.659. The van der Waals surface area contributed by atoms with Gasteiger partial charge in [0.2, 0.25) is 0 Å². The molecule has 0 fully saturated rings. The average molecular weight is 409 g/mol. The molecule has 0 spiro atoms. The van der Waals surface area contributed by atoms with Gasteiger partial charge in [0.1, 0.15) is 5.76 Å². The predicted molar refractivity (Wildman–Crippen MR) is 118 cm³/mol. The third kappa shape index (κ3) is 7.53. The molecule has 2 N–H and O–H groups in total. The molecule has 0 bridgehead atoms. The first-order valence-corrected chi connectivity index (χ1v) is 10.4. The van der Waals surface area contributed by atoms with Gasteiger partial charge in [-0.3, -0.25) is 0 Å². The van der Waals surface area contributed by atoms with Gasteiger partial charge in [-0.15, -0.1) is 0 Å². The van der Waals surface area contributed by atoms with E-state index < -0.39 is 0 Å². The highest BCUT2D eigenvalue weighted by molar-refractivity contribution is 7.80. The topological polar surface area (TPSA) is 32.9 Å². The first-order valence-electron chi connectivity index (χ1n) is 9.65. The van der Waals surface area contributed by atoms with Gasteiger partial charge in [-0.2, -0.15) is 0 Å². The Hall–Kier alpha value is -1.56. The first-order chi connectivity index (χ1) is 13.0. The van der Waals surface area contributed by atoms with Crippen LogP contribution < -0.4 is 10.2 Å². The molecule has 27 heavy (non-hydrogen) atoms. The normalized spacial score (nSPS) is 12.0. The number of nitrogens with one attached hydrogen (secondary N) is 2. The van der Waals surface area contributed by atoms with Crippen molar-refractivity contribution in [3.8, 4) is 0 Å². The van der Waals surface area contributed by atoms with Gasteiger partial charge in [0.05, 0.1) is 32.9 Å². The van der Waals surface area contributed by atoms with Gasteiger partial charge in [0, 0.05) is 23.7 Å². The Morgan fingerprint density at radius 2 is 2.04 bits per heavy atom. The number of hydrogen-bond acceptors (Lipinski definition) is 2. The zero-order valence-electron chi connectivity index (χ0n) is 16.6. The molecule has 6 heteroatoms. The van der Waals surface area contributed by atoms with Crippen LogP contribution in [0.2, 0.25) is 5.02 Å². The Morgan fingerprint density at radius 3 is 2.74 bits per heavy atom. The van der Waals surface area contributed by atoms with Crippen LogP contribution >= 0.6 is 23.8 Å². The number of halogens is 1. The molecule has 0 radical (unpaired) electrons. The molecule has 1 unspecified atom stereocenters. The SMILES string of the molecule is CCCC[NH+](C)CCCN(Cc1ccco1)C(=S)Nc1cc(Cl)ccc1C. The van der Waals surface area contributed by atoms with Gasteiger partial charge in [0.15, 0.2) is 5.11 Å². The Morgan fingerprint density at radius 1 is 1.26 bits per heavy atom. The van der Waals surface area contributed by atoms with E-state index in [9.17, 15) is 0 Å². The second kappa shape index (κ2) is 11.3. The maximum atomic E-state index is 6.14. The number of aryl methyl sites for hydroxylation is 1. The summed E-state index contributed by atoms with van der Waals surface area (Å²) in [5, 5.41) is 4.76. The first kappa shape index (κ1) is 21.7. The highest BCUT2D eigenvalue weighted by atomic mass is 35.5.